The van der Waals surface area contributed by atoms with Gasteiger partial charge in [-0.25, -0.2) is 17.8 Å². The van der Waals surface area contributed by atoms with E-state index < -0.39 is 10.0 Å². The lowest BCUT2D eigenvalue weighted by molar-refractivity contribution is 0.0785. The van der Waals surface area contributed by atoms with Gasteiger partial charge in [0.25, 0.3) is 5.91 Å². The van der Waals surface area contributed by atoms with Crippen molar-refractivity contribution in [3.63, 3.8) is 0 Å². The van der Waals surface area contributed by atoms with E-state index in [1.54, 1.807) is 37.0 Å². The van der Waals surface area contributed by atoms with Gasteiger partial charge in [-0.2, -0.15) is 5.10 Å². The van der Waals surface area contributed by atoms with E-state index in [0.717, 1.165) is 11.3 Å². The molecule has 0 aliphatic carbocycles. The summed E-state index contributed by atoms with van der Waals surface area (Å²) >= 11 is 0. The maximum absolute atomic E-state index is 12.7. The molecule has 3 aromatic rings. The highest BCUT2D eigenvalue weighted by atomic mass is 32.2. The Kier molecular flexibility index (Phi) is 5.91. The van der Waals surface area contributed by atoms with E-state index in [1.807, 2.05) is 36.5 Å². The lowest BCUT2D eigenvalue weighted by Crippen LogP contribution is -2.27. The fraction of sp³-hybridized carbons (Fsp3) is 0.200. The molecule has 28 heavy (non-hydrogen) atoms. The third-order valence-corrected chi connectivity index (χ3v) is 5.69. The number of para-hydroxylation sites is 1. The Morgan fingerprint density at radius 2 is 1.89 bits per heavy atom. The van der Waals surface area contributed by atoms with Gasteiger partial charge in [-0.1, -0.05) is 31.2 Å². The lowest BCUT2D eigenvalue weighted by Gasteiger charge is -2.17. The molecule has 0 aliphatic rings. The maximum Gasteiger partial charge on any atom is 0.253 e. The van der Waals surface area contributed by atoms with Crippen LogP contribution in [0.25, 0.3) is 5.69 Å². The molecule has 0 unspecified atom stereocenters. The van der Waals surface area contributed by atoms with Crippen molar-refractivity contribution in [1.82, 2.24) is 19.4 Å². The summed E-state index contributed by atoms with van der Waals surface area (Å²) in [6.07, 6.45) is 3.58. The first-order valence-corrected chi connectivity index (χ1v) is 10.3. The fourth-order valence-electron chi connectivity index (χ4n) is 2.80. The second-order valence-electron chi connectivity index (χ2n) is 6.32. The Balaban J connectivity index is 1.74. The maximum atomic E-state index is 12.7. The second kappa shape index (κ2) is 8.37. The highest BCUT2D eigenvalue weighted by Gasteiger charge is 2.18. The predicted molar refractivity (Wildman–Crippen MR) is 107 cm³/mol. The Morgan fingerprint density at radius 3 is 2.61 bits per heavy atom. The minimum atomic E-state index is -3.61. The molecule has 0 saturated carbocycles. The van der Waals surface area contributed by atoms with Gasteiger partial charge in [0.1, 0.15) is 0 Å². The summed E-state index contributed by atoms with van der Waals surface area (Å²) in [5.41, 5.74) is 2.12. The minimum Gasteiger partial charge on any atom is -0.337 e. The Hall–Kier alpha value is -2.97. The van der Waals surface area contributed by atoms with E-state index in [9.17, 15) is 13.2 Å². The largest absolute Gasteiger partial charge is 0.337 e. The molecule has 0 aliphatic heterocycles. The third-order valence-electron chi connectivity index (χ3n) is 4.15. The number of rotatable bonds is 7. The van der Waals surface area contributed by atoms with Gasteiger partial charge in [-0.3, -0.25) is 4.79 Å². The number of aromatic nitrogens is 2. The zero-order chi connectivity index (χ0) is 20.1. The number of carbonyl (C=O) groups is 1. The molecule has 146 valence electrons. The average Bonchev–Trinajstić information content (AvgIpc) is 3.16. The van der Waals surface area contributed by atoms with Gasteiger partial charge in [0.2, 0.25) is 10.0 Å². The molecule has 1 aromatic heterocycles. The molecule has 7 nitrogen and oxygen atoms in total. The number of amides is 1. The molecule has 0 spiro atoms. The first-order valence-electron chi connectivity index (χ1n) is 8.85. The van der Waals surface area contributed by atoms with Crippen LogP contribution in [0.3, 0.4) is 0 Å². The molecule has 0 fully saturated rings. The monoisotopic (exact) mass is 398 g/mol. The number of hydrogen-bond donors (Lipinski definition) is 1. The zero-order valence-electron chi connectivity index (χ0n) is 15.7. The molecule has 2 aromatic carbocycles. The smallest absolute Gasteiger partial charge is 0.253 e. The molecule has 0 radical (unpaired) electrons. The molecular formula is C20H22N4O3S. The summed E-state index contributed by atoms with van der Waals surface area (Å²) in [5, 5.41) is 4.33. The van der Waals surface area contributed by atoms with E-state index in [2.05, 4.69) is 9.82 Å². The summed E-state index contributed by atoms with van der Waals surface area (Å²) < 4.78 is 28.5. The van der Waals surface area contributed by atoms with Crippen molar-refractivity contribution in [3.8, 4) is 5.69 Å². The Labute approximate surface area is 164 Å². The van der Waals surface area contributed by atoms with Crippen LogP contribution in [0.1, 0.15) is 22.8 Å². The van der Waals surface area contributed by atoms with E-state index in [4.69, 9.17) is 0 Å². The fourth-order valence-corrected chi connectivity index (χ4v) is 3.89. The standard InChI is InChI=1S/C20H22N4O3S/c1-3-22-28(26,27)19-11-7-8-17(12-19)20(25)23(2)14-16-13-21-24(15-16)18-9-5-4-6-10-18/h4-13,15,22H,3,14H2,1-2H3. The average molecular weight is 398 g/mol. The molecule has 8 heteroatoms. The zero-order valence-corrected chi connectivity index (χ0v) is 16.6. The van der Waals surface area contributed by atoms with Crippen molar-refractivity contribution >= 4 is 15.9 Å². The summed E-state index contributed by atoms with van der Waals surface area (Å²) in [6, 6.07) is 15.7. The quantitative estimate of drug-likeness (QED) is 0.663. The van der Waals surface area contributed by atoms with E-state index >= 15 is 0 Å². The number of carbonyl (C=O) groups excluding carboxylic acids is 1. The summed E-state index contributed by atoms with van der Waals surface area (Å²) in [5.74, 6) is -0.263. The van der Waals surface area contributed by atoms with Crippen LogP contribution in [0, 0.1) is 0 Å². The van der Waals surface area contributed by atoms with Crippen molar-refractivity contribution < 1.29 is 13.2 Å². The highest BCUT2D eigenvalue weighted by Crippen LogP contribution is 2.15. The number of benzene rings is 2. The summed E-state index contributed by atoms with van der Waals surface area (Å²) in [7, 11) is -1.94. The number of sulfonamides is 1. The third kappa shape index (κ3) is 4.47. The van der Waals surface area contributed by atoms with Crippen LogP contribution in [0.4, 0.5) is 0 Å². The minimum absolute atomic E-state index is 0.0745. The van der Waals surface area contributed by atoms with E-state index in [1.165, 1.54) is 17.0 Å². The van der Waals surface area contributed by atoms with Crippen LogP contribution in [0.5, 0.6) is 0 Å². The van der Waals surface area contributed by atoms with Gasteiger partial charge < -0.3 is 4.90 Å². The van der Waals surface area contributed by atoms with Crippen molar-refractivity contribution in [2.45, 2.75) is 18.4 Å². The number of hydrogen-bond acceptors (Lipinski definition) is 4. The van der Waals surface area contributed by atoms with Crippen LogP contribution in [0.2, 0.25) is 0 Å². The van der Waals surface area contributed by atoms with Gasteiger partial charge >= 0.3 is 0 Å². The van der Waals surface area contributed by atoms with Crippen molar-refractivity contribution in [3.05, 3.63) is 78.1 Å². The van der Waals surface area contributed by atoms with Gasteiger partial charge in [0, 0.05) is 37.5 Å². The number of nitrogens with one attached hydrogen (secondary N) is 1. The molecule has 1 heterocycles. The lowest BCUT2D eigenvalue weighted by atomic mass is 10.2. The van der Waals surface area contributed by atoms with Crippen LogP contribution in [-0.2, 0) is 16.6 Å². The van der Waals surface area contributed by atoms with Crippen LogP contribution < -0.4 is 4.72 Å². The summed E-state index contributed by atoms with van der Waals surface area (Å²) in [4.78, 5) is 14.4. The SMILES string of the molecule is CCNS(=O)(=O)c1cccc(C(=O)N(C)Cc2cnn(-c3ccccc3)c2)c1. The highest BCUT2D eigenvalue weighted by molar-refractivity contribution is 7.89. The van der Waals surface area contributed by atoms with Gasteiger partial charge in [0.05, 0.1) is 16.8 Å². The normalized spacial score (nSPS) is 11.4. The van der Waals surface area contributed by atoms with Crippen LogP contribution in [0.15, 0.2) is 71.9 Å². The topological polar surface area (TPSA) is 84.3 Å². The van der Waals surface area contributed by atoms with Crippen molar-refractivity contribution in [1.29, 1.82) is 0 Å². The first kappa shape index (κ1) is 19.8. The molecule has 1 amide bonds. The summed E-state index contributed by atoms with van der Waals surface area (Å²) in [6.45, 7) is 2.34. The van der Waals surface area contributed by atoms with E-state index in [-0.39, 0.29) is 17.3 Å². The first-order chi connectivity index (χ1) is 13.4. The van der Waals surface area contributed by atoms with Crippen LogP contribution >= 0.6 is 0 Å². The second-order valence-corrected chi connectivity index (χ2v) is 8.09. The van der Waals surface area contributed by atoms with Gasteiger partial charge in [0.15, 0.2) is 0 Å². The Bertz CT molecular complexity index is 1060. The van der Waals surface area contributed by atoms with E-state index in [0.29, 0.717) is 12.1 Å². The molecule has 1 N–H and O–H groups in total. The van der Waals surface area contributed by atoms with Gasteiger partial charge in [-0.05, 0) is 30.3 Å². The van der Waals surface area contributed by atoms with Crippen molar-refractivity contribution in [2.75, 3.05) is 13.6 Å². The molecule has 0 atom stereocenters. The van der Waals surface area contributed by atoms with Gasteiger partial charge in [-0.15, -0.1) is 0 Å². The number of nitrogens with zero attached hydrogens (tertiary/aromatic N) is 3. The predicted octanol–water partition coefficient (Wildman–Crippen LogP) is 2.44. The Morgan fingerprint density at radius 1 is 1.14 bits per heavy atom. The molecule has 0 saturated heterocycles. The van der Waals surface area contributed by atoms with Crippen molar-refractivity contribution in [2.24, 2.45) is 0 Å². The molecule has 3 rings (SSSR count). The molecular weight excluding hydrogens is 376 g/mol. The molecule has 0 bridgehead atoms. The van der Waals surface area contributed by atoms with Crippen LogP contribution in [-0.4, -0.2) is 42.6 Å².